The number of aromatic nitrogens is 6. The topological polar surface area (TPSA) is 93.4 Å². The fourth-order valence-corrected chi connectivity index (χ4v) is 1.95. The predicted octanol–water partition coefficient (Wildman–Crippen LogP) is 1.87. The van der Waals surface area contributed by atoms with Gasteiger partial charge in [-0.05, 0) is 13.3 Å². The van der Waals surface area contributed by atoms with E-state index in [9.17, 15) is 0 Å². The summed E-state index contributed by atoms with van der Waals surface area (Å²) in [5.41, 5.74) is 0. The summed E-state index contributed by atoms with van der Waals surface area (Å²) in [4.78, 5) is 16.9. The van der Waals surface area contributed by atoms with Crippen molar-refractivity contribution in [1.82, 2.24) is 29.7 Å². The molecule has 0 saturated heterocycles. The average molecular weight is 290 g/mol. The van der Waals surface area contributed by atoms with Crippen molar-refractivity contribution in [3.63, 3.8) is 0 Å². The van der Waals surface area contributed by atoms with Crippen LogP contribution in [0.3, 0.4) is 0 Å². The van der Waals surface area contributed by atoms with Crippen LogP contribution >= 0.6 is 0 Å². The molecule has 0 aliphatic heterocycles. The second kappa shape index (κ2) is 7.51. The van der Waals surface area contributed by atoms with Crippen molar-refractivity contribution in [3.05, 3.63) is 12.7 Å². The Morgan fingerprint density at radius 3 is 2.67 bits per heavy atom. The second-order valence-electron chi connectivity index (χ2n) is 4.91. The first-order valence-electron chi connectivity index (χ1n) is 7.28. The molecule has 8 heteroatoms. The lowest BCUT2D eigenvalue weighted by Crippen LogP contribution is -2.19. The van der Waals surface area contributed by atoms with Crippen LogP contribution in [0.15, 0.2) is 12.7 Å². The Labute approximate surface area is 124 Å². The average Bonchev–Trinajstić information content (AvgIpc) is 3.01. The van der Waals surface area contributed by atoms with Crippen molar-refractivity contribution in [3.8, 4) is 5.95 Å². The molecule has 0 amide bonds. The summed E-state index contributed by atoms with van der Waals surface area (Å²) in [6, 6.07) is 0.312. The molecule has 114 valence electrons. The molecular weight excluding hydrogens is 268 g/mol. The molecule has 1 atom stereocenters. The van der Waals surface area contributed by atoms with Gasteiger partial charge >= 0.3 is 0 Å². The molecule has 0 bridgehead atoms. The molecule has 21 heavy (non-hydrogen) atoms. The van der Waals surface area contributed by atoms with Gasteiger partial charge in [0, 0.05) is 13.1 Å². The highest BCUT2D eigenvalue weighted by Gasteiger charge is 2.10. The lowest BCUT2D eigenvalue weighted by atomic mass is 10.1. The van der Waals surface area contributed by atoms with E-state index in [1.807, 2.05) is 0 Å². The number of hydrogen-bond donors (Lipinski definition) is 2. The van der Waals surface area contributed by atoms with Gasteiger partial charge in [0.2, 0.25) is 11.9 Å². The fourth-order valence-electron chi connectivity index (χ4n) is 1.95. The van der Waals surface area contributed by atoms with Crippen molar-refractivity contribution < 1.29 is 0 Å². The molecule has 0 aromatic carbocycles. The molecule has 0 radical (unpaired) electrons. The quantitative estimate of drug-likeness (QED) is 0.717. The van der Waals surface area contributed by atoms with E-state index >= 15 is 0 Å². The zero-order chi connectivity index (χ0) is 15.1. The van der Waals surface area contributed by atoms with Crippen molar-refractivity contribution in [2.24, 2.45) is 0 Å². The zero-order valence-corrected chi connectivity index (χ0v) is 12.7. The molecule has 2 heterocycles. The van der Waals surface area contributed by atoms with E-state index in [0.29, 0.717) is 23.9 Å². The minimum Gasteiger partial charge on any atom is -0.357 e. The number of anilines is 2. The molecule has 0 aliphatic carbocycles. The van der Waals surface area contributed by atoms with E-state index < -0.39 is 0 Å². The Morgan fingerprint density at radius 2 is 2.00 bits per heavy atom. The standard InChI is InChI=1S/C13H22N8/c1-4-5-6-7-10(2)17-12-18-11(14-3)19-13(20-12)21-9-15-8-16-21/h8-10H,4-7H2,1-3H3,(H2,14,17,18,19,20). The lowest BCUT2D eigenvalue weighted by molar-refractivity contribution is 0.611. The van der Waals surface area contributed by atoms with Crippen LogP contribution in [0, 0.1) is 0 Å². The van der Waals surface area contributed by atoms with Gasteiger partial charge in [-0.1, -0.05) is 26.2 Å². The van der Waals surface area contributed by atoms with Crippen LogP contribution < -0.4 is 10.6 Å². The van der Waals surface area contributed by atoms with E-state index in [-0.39, 0.29) is 0 Å². The Balaban J connectivity index is 2.10. The van der Waals surface area contributed by atoms with Gasteiger partial charge in [-0.25, -0.2) is 4.98 Å². The lowest BCUT2D eigenvalue weighted by Gasteiger charge is -2.14. The first kappa shape index (κ1) is 15.1. The minimum atomic E-state index is 0.312. The van der Waals surface area contributed by atoms with Crippen LogP contribution in [0.25, 0.3) is 5.95 Å². The number of nitrogens with zero attached hydrogens (tertiary/aromatic N) is 6. The highest BCUT2D eigenvalue weighted by atomic mass is 15.4. The summed E-state index contributed by atoms with van der Waals surface area (Å²) in [6.07, 6.45) is 7.76. The summed E-state index contributed by atoms with van der Waals surface area (Å²) in [5.74, 6) is 1.48. The van der Waals surface area contributed by atoms with E-state index in [1.165, 1.54) is 30.3 Å². The first-order chi connectivity index (χ1) is 10.2. The van der Waals surface area contributed by atoms with Crippen LogP contribution in [0.1, 0.15) is 39.5 Å². The third-order valence-electron chi connectivity index (χ3n) is 3.09. The maximum atomic E-state index is 4.38. The van der Waals surface area contributed by atoms with Crippen molar-refractivity contribution in [2.45, 2.75) is 45.6 Å². The second-order valence-corrected chi connectivity index (χ2v) is 4.91. The van der Waals surface area contributed by atoms with E-state index in [0.717, 1.165) is 6.42 Å². The molecule has 0 fully saturated rings. The summed E-state index contributed by atoms with van der Waals surface area (Å²) < 4.78 is 1.51. The summed E-state index contributed by atoms with van der Waals surface area (Å²) in [6.45, 7) is 4.33. The highest BCUT2D eigenvalue weighted by molar-refractivity contribution is 5.37. The Kier molecular flexibility index (Phi) is 5.42. The largest absolute Gasteiger partial charge is 0.357 e. The smallest absolute Gasteiger partial charge is 0.258 e. The molecule has 2 aromatic rings. The maximum Gasteiger partial charge on any atom is 0.258 e. The van der Waals surface area contributed by atoms with Crippen LogP contribution in [0.5, 0.6) is 0 Å². The number of rotatable bonds is 8. The van der Waals surface area contributed by atoms with Crippen LogP contribution in [0.4, 0.5) is 11.9 Å². The van der Waals surface area contributed by atoms with Gasteiger partial charge in [-0.15, -0.1) is 0 Å². The molecule has 8 nitrogen and oxygen atoms in total. The van der Waals surface area contributed by atoms with E-state index in [2.05, 4.69) is 49.5 Å². The van der Waals surface area contributed by atoms with Crippen LogP contribution in [-0.2, 0) is 0 Å². The van der Waals surface area contributed by atoms with Gasteiger partial charge < -0.3 is 10.6 Å². The monoisotopic (exact) mass is 290 g/mol. The Bertz CT molecular complexity index is 539. The fraction of sp³-hybridized carbons (Fsp3) is 0.615. The molecule has 2 rings (SSSR count). The third-order valence-corrected chi connectivity index (χ3v) is 3.09. The van der Waals surface area contributed by atoms with Crippen molar-refractivity contribution >= 4 is 11.9 Å². The number of unbranched alkanes of at least 4 members (excludes halogenated alkanes) is 2. The van der Waals surface area contributed by atoms with E-state index in [4.69, 9.17) is 0 Å². The predicted molar refractivity (Wildman–Crippen MR) is 81.5 cm³/mol. The van der Waals surface area contributed by atoms with Gasteiger partial charge in [-0.3, -0.25) is 0 Å². The first-order valence-corrected chi connectivity index (χ1v) is 7.28. The molecule has 0 spiro atoms. The van der Waals surface area contributed by atoms with Gasteiger partial charge in [0.05, 0.1) is 0 Å². The normalized spacial score (nSPS) is 12.1. The van der Waals surface area contributed by atoms with Gasteiger partial charge in [0.1, 0.15) is 12.7 Å². The van der Waals surface area contributed by atoms with Crippen molar-refractivity contribution in [2.75, 3.05) is 17.7 Å². The molecule has 0 saturated carbocycles. The molecule has 1 unspecified atom stereocenters. The highest BCUT2D eigenvalue weighted by Crippen LogP contribution is 2.11. The SMILES string of the molecule is CCCCCC(C)Nc1nc(NC)nc(-n2cncn2)n1. The summed E-state index contributed by atoms with van der Waals surface area (Å²) >= 11 is 0. The molecule has 0 aliphatic rings. The molecule has 2 N–H and O–H groups in total. The summed E-state index contributed by atoms with van der Waals surface area (Å²) in [7, 11) is 1.77. The molecule has 2 aromatic heterocycles. The summed E-state index contributed by atoms with van der Waals surface area (Å²) in [5, 5.41) is 10.3. The van der Waals surface area contributed by atoms with Crippen LogP contribution in [-0.4, -0.2) is 42.8 Å². The Morgan fingerprint density at radius 1 is 1.19 bits per heavy atom. The molecular formula is C13H22N8. The van der Waals surface area contributed by atoms with Crippen molar-refractivity contribution in [1.29, 1.82) is 0 Å². The van der Waals surface area contributed by atoms with Crippen LogP contribution in [0.2, 0.25) is 0 Å². The maximum absolute atomic E-state index is 4.38. The Hall–Kier alpha value is -2.25. The third kappa shape index (κ3) is 4.37. The van der Waals surface area contributed by atoms with Gasteiger partial charge in [-0.2, -0.15) is 24.7 Å². The van der Waals surface area contributed by atoms with Gasteiger partial charge in [0.15, 0.2) is 0 Å². The minimum absolute atomic E-state index is 0.312. The number of hydrogen-bond acceptors (Lipinski definition) is 7. The number of nitrogens with one attached hydrogen (secondary N) is 2. The van der Waals surface area contributed by atoms with E-state index in [1.54, 1.807) is 13.4 Å². The van der Waals surface area contributed by atoms with Gasteiger partial charge in [0.25, 0.3) is 5.95 Å². The zero-order valence-electron chi connectivity index (χ0n) is 12.7.